The normalized spacial score (nSPS) is 10.1. The first kappa shape index (κ1) is 57.5. The van der Waals surface area contributed by atoms with Gasteiger partial charge in [0, 0.05) is 38.5 Å². The van der Waals surface area contributed by atoms with Crippen LogP contribution in [0.15, 0.2) is 0 Å². The Bertz CT molecular complexity index is 959. The molecular formula is C39H70O16. The smallest absolute Gasteiger partial charge is 0.317 e. The van der Waals surface area contributed by atoms with Gasteiger partial charge in [-0.2, -0.15) is 0 Å². The summed E-state index contributed by atoms with van der Waals surface area (Å²) in [7, 11) is 0. The van der Waals surface area contributed by atoms with Crippen molar-refractivity contribution < 1.29 is 79.2 Å². The SMILES string of the molecule is CCCCCCCCCCCC(C(=O)O)C(=O)O.O=C(O)CCCCC(=O)O.O=C(O)CCCCCCCC(=O)O.O=C(O)CCCCCCCCC(=O)O. The lowest BCUT2D eigenvalue weighted by Crippen LogP contribution is -2.23. The van der Waals surface area contributed by atoms with Crippen LogP contribution < -0.4 is 0 Å². The summed E-state index contributed by atoms with van der Waals surface area (Å²) in [5.41, 5.74) is 0. The predicted molar refractivity (Wildman–Crippen MR) is 204 cm³/mol. The fraction of sp³-hybridized carbons (Fsp3) is 0.795. The molecule has 0 spiro atoms. The summed E-state index contributed by atoms with van der Waals surface area (Å²) in [6.07, 6.45) is 21.9. The maximum atomic E-state index is 10.6. The van der Waals surface area contributed by atoms with E-state index in [0.29, 0.717) is 32.1 Å². The summed E-state index contributed by atoms with van der Waals surface area (Å²) in [5.74, 6) is -8.41. The largest absolute Gasteiger partial charge is 0.481 e. The number of rotatable bonds is 34. The van der Waals surface area contributed by atoms with Gasteiger partial charge in [-0.05, 0) is 44.9 Å². The van der Waals surface area contributed by atoms with Crippen molar-refractivity contribution in [2.75, 3.05) is 0 Å². The van der Waals surface area contributed by atoms with Gasteiger partial charge in [0.1, 0.15) is 0 Å². The van der Waals surface area contributed by atoms with E-state index in [1.54, 1.807) is 0 Å². The van der Waals surface area contributed by atoms with Crippen molar-refractivity contribution in [3.8, 4) is 0 Å². The summed E-state index contributed by atoms with van der Waals surface area (Å²) in [5, 5.41) is 67.0. The predicted octanol–water partition coefficient (Wildman–Crippen LogP) is 8.57. The standard InChI is InChI=1S/C14H26O4.C10H18O4.C9H16O4.C6H10O4/c1-2-3-4-5-6-7-8-9-10-11-12(13(15)16)14(17)18;11-9(12)7-5-3-1-2-4-6-8-10(13)14;10-8(11)6-4-2-1-3-5-7-9(12)13;7-5(8)3-1-2-4-6(9)10/h12H,2-11H2,1H3,(H,15,16)(H,17,18);1-8H2,(H,11,12)(H,13,14);1-7H2,(H,10,11)(H,12,13);1-4H2,(H,7,8)(H,9,10). The summed E-state index contributed by atoms with van der Waals surface area (Å²) in [4.78, 5) is 81.5. The second-order valence-corrected chi connectivity index (χ2v) is 13.3. The first-order chi connectivity index (χ1) is 26.0. The summed E-state index contributed by atoms with van der Waals surface area (Å²) in [6, 6.07) is 0. The Kier molecular flexibility index (Phi) is 46.2. The van der Waals surface area contributed by atoms with Crippen LogP contribution >= 0.6 is 0 Å². The van der Waals surface area contributed by atoms with Crippen LogP contribution in [0.5, 0.6) is 0 Å². The second-order valence-electron chi connectivity index (χ2n) is 13.3. The molecule has 0 aromatic heterocycles. The van der Waals surface area contributed by atoms with Crippen molar-refractivity contribution in [2.24, 2.45) is 5.92 Å². The zero-order chi connectivity index (χ0) is 42.7. The van der Waals surface area contributed by atoms with Crippen LogP contribution in [0.2, 0.25) is 0 Å². The minimum Gasteiger partial charge on any atom is -0.481 e. The van der Waals surface area contributed by atoms with Crippen LogP contribution in [0, 0.1) is 5.92 Å². The van der Waals surface area contributed by atoms with Crippen molar-refractivity contribution in [1.29, 1.82) is 0 Å². The third-order valence-corrected chi connectivity index (χ3v) is 8.04. The molecule has 0 aliphatic rings. The molecule has 322 valence electrons. The van der Waals surface area contributed by atoms with Crippen LogP contribution in [0.3, 0.4) is 0 Å². The van der Waals surface area contributed by atoms with E-state index in [0.717, 1.165) is 70.6 Å². The highest BCUT2D eigenvalue weighted by atomic mass is 16.4. The first-order valence-corrected chi connectivity index (χ1v) is 19.7. The van der Waals surface area contributed by atoms with E-state index in [2.05, 4.69) is 6.92 Å². The third-order valence-electron chi connectivity index (χ3n) is 8.04. The summed E-state index contributed by atoms with van der Waals surface area (Å²) in [6.45, 7) is 2.20. The number of hydrogen-bond donors (Lipinski definition) is 8. The molecule has 0 rings (SSSR count). The van der Waals surface area contributed by atoms with Gasteiger partial charge in [-0.3, -0.25) is 38.4 Å². The lowest BCUT2D eigenvalue weighted by Gasteiger charge is -2.06. The topological polar surface area (TPSA) is 298 Å². The van der Waals surface area contributed by atoms with Gasteiger partial charge in [0.25, 0.3) is 0 Å². The number of hydrogen-bond acceptors (Lipinski definition) is 8. The van der Waals surface area contributed by atoms with E-state index < -0.39 is 53.7 Å². The molecule has 0 aliphatic heterocycles. The van der Waals surface area contributed by atoms with Crippen molar-refractivity contribution in [3.05, 3.63) is 0 Å². The fourth-order valence-electron chi connectivity index (χ4n) is 4.91. The molecule has 16 heteroatoms. The second kappa shape index (κ2) is 44.2. The maximum Gasteiger partial charge on any atom is 0.317 e. The van der Waals surface area contributed by atoms with Crippen molar-refractivity contribution in [1.82, 2.24) is 0 Å². The van der Waals surface area contributed by atoms with Gasteiger partial charge >= 0.3 is 47.8 Å². The van der Waals surface area contributed by atoms with Crippen molar-refractivity contribution >= 4 is 47.8 Å². The Balaban J connectivity index is -0.000000322. The highest BCUT2D eigenvalue weighted by molar-refractivity contribution is 5.92. The fourth-order valence-corrected chi connectivity index (χ4v) is 4.91. The summed E-state index contributed by atoms with van der Waals surface area (Å²) >= 11 is 0. The molecule has 0 aliphatic carbocycles. The minimum atomic E-state index is -1.23. The van der Waals surface area contributed by atoms with E-state index in [4.69, 9.17) is 40.9 Å². The lowest BCUT2D eigenvalue weighted by molar-refractivity contribution is -0.155. The van der Waals surface area contributed by atoms with E-state index in [-0.39, 0.29) is 44.9 Å². The number of carboxylic acid groups (broad SMARTS) is 8. The average Bonchev–Trinajstić information content (AvgIpc) is 3.08. The molecule has 0 fully saturated rings. The van der Waals surface area contributed by atoms with Gasteiger partial charge in [0.15, 0.2) is 5.92 Å². The monoisotopic (exact) mass is 794 g/mol. The van der Waals surface area contributed by atoms with E-state index >= 15 is 0 Å². The quantitative estimate of drug-likeness (QED) is 0.0223. The molecule has 0 amide bonds. The molecule has 0 aromatic rings. The molecule has 0 saturated heterocycles. The van der Waals surface area contributed by atoms with Gasteiger partial charge in [0.05, 0.1) is 0 Å². The van der Waals surface area contributed by atoms with Crippen molar-refractivity contribution in [2.45, 2.75) is 193 Å². The zero-order valence-corrected chi connectivity index (χ0v) is 32.9. The van der Waals surface area contributed by atoms with Crippen LogP contribution in [0.25, 0.3) is 0 Å². The molecular weight excluding hydrogens is 724 g/mol. The van der Waals surface area contributed by atoms with Crippen LogP contribution in [0.4, 0.5) is 0 Å². The third kappa shape index (κ3) is 62.1. The van der Waals surface area contributed by atoms with Crippen LogP contribution in [-0.4, -0.2) is 88.6 Å². The lowest BCUT2D eigenvalue weighted by atomic mass is 10.00. The average molecular weight is 795 g/mol. The molecule has 0 heterocycles. The molecule has 0 atom stereocenters. The van der Waals surface area contributed by atoms with E-state index in [1.807, 2.05) is 0 Å². The molecule has 16 nitrogen and oxygen atoms in total. The molecule has 0 aromatic carbocycles. The molecule has 55 heavy (non-hydrogen) atoms. The summed E-state index contributed by atoms with van der Waals surface area (Å²) < 4.78 is 0. The molecule has 8 N–H and O–H groups in total. The van der Waals surface area contributed by atoms with Crippen molar-refractivity contribution in [3.63, 3.8) is 0 Å². The van der Waals surface area contributed by atoms with Gasteiger partial charge in [-0.15, -0.1) is 0 Å². The Morgan fingerprint density at radius 2 is 0.473 bits per heavy atom. The number of unbranched alkanes of at least 4 members (excludes halogenated alkanes) is 18. The minimum absolute atomic E-state index is 0.0628. The first-order valence-electron chi connectivity index (χ1n) is 19.7. The highest BCUT2D eigenvalue weighted by Crippen LogP contribution is 2.14. The van der Waals surface area contributed by atoms with E-state index in [9.17, 15) is 38.4 Å². The van der Waals surface area contributed by atoms with Gasteiger partial charge in [0.2, 0.25) is 0 Å². The number of aliphatic carboxylic acids is 8. The Morgan fingerprint density at radius 3 is 0.673 bits per heavy atom. The van der Waals surface area contributed by atoms with E-state index in [1.165, 1.54) is 38.5 Å². The Labute approximate surface area is 325 Å². The maximum absolute atomic E-state index is 10.6. The number of carboxylic acids is 8. The molecule has 0 bridgehead atoms. The number of carbonyl (C=O) groups is 8. The highest BCUT2D eigenvalue weighted by Gasteiger charge is 2.24. The zero-order valence-electron chi connectivity index (χ0n) is 32.9. The van der Waals surface area contributed by atoms with Crippen LogP contribution in [0.1, 0.15) is 193 Å². The Morgan fingerprint density at radius 1 is 0.291 bits per heavy atom. The molecule has 0 radical (unpaired) electrons. The van der Waals surface area contributed by atoms with Gasteiger partial charge in [-0.1, -0.05) is 110 Å². The molecule has 0 unspecified atom stereocenters. The van der Waals surface area contributed by atoms with Gasteiger partial charge in [-0.25, -0.2) is 0 Å². The Hall–Kier alpha value is -4.24. The van der Waals surface area contributed by atoms with Gasteiger partial charge < -0.3 is 40.9 Å². The van der Waals surface area contributed by atoms with Crippen LogP contribution in [-0.2, 0) is 38.4 Å². The molecule has 0 saturated carbocycles.